The van der Waals surface area contributed by atoms with E-state index in [0.29, 0.717) is 24.5 Å². The van der Waals surface area contributed by atoms with Gasteiger partial charge in [0.25, 0.3) is 5.91 Å². The Kier molecular flexibility index (Phi) is 6.35. The highest BCUT2D eigenvalue weighted by Crippen LogP contribution is 2.39. The van der Waals surface area contributed by atoms with E-state index < -0.39 is 0 Å². The van der Waals surface area contributed by atoms with Gasteiger partial charge in [-0.15, -0.1) is 0 Å². The Morgan fingerprint density at radius 1 is 1.12 bits per heavy atom. The lowest BCUT2D eigenvalue weighted by molar-refractivity contribution is 0.0733. The first-order chi connectivity index (χ1) is 15.5. The van der Waals surface area contributed by atoms with Gasteiger partial charge in [-0.3, -0.25) is 4.79 Å². The number of likely N-dealkylation sites (tertiary alicyclic amines) is 1. The molecule has 1 atom stereocenters. The van der Waals surface area contributed by atoms with Gasteiger partial charge in [-0.25, -0.2) is 0 Å². The fourth-order valence-electron chi connectivity index (χ4n) is 4.18. The Labute approximate surface area is 187 Å². The van der Waals surface area contributed by atoms with Crippen molar-refractivity contribution in [2.24, 2.45) is 0 Å². The van der Waals surface area contributed by atoms with Crippen LogP contribution >= 0.6 is 0 Å². The number of carbonyl (C=O) groups excluding carboxylic acids is 1. The summed E-state index contributed by atoms with van der Waals surface area (Å²) in [5, 5.41) is 3.96. The number of hydrogen-bond acceptors (Lipinski definition) is 6. The Hall–Kier alpha value is -3.48. The second-order valence-electron chi connectivity index (χ2n) is 7.88. The molecule has 7 heteroatoms. The number of hydrogen-bond donors (Lipinski definition) is 0. The van der Waals surface area contributed by atoms with E-state index in [-0.39, 0.29) is 11.9 Å². The maximum atomic E-state index is 13.5. The molecule has 2 heterocycles. The third kappa shape index (κ3) is 4.28. The molecule has 0 spiro atoms. The molecule has 0 saturated carbocycles. The molecule has 1 aliphatic rings. The van der Waals surface area contributed by atoms with Gasteiger partial charge in [0.1, 0.15) is 29.6 Å². The van der Waals surface area contributed by atoms with Crippen molar-refractivity contribution in [3.8, 4) is 17.2 Å². The smallest absolute Gasteiger partial charge is 0.254 e. The molecule has 0 N–H and O–H groups in total. The Balaban J connectivity index is 1.54. The van der Waals surface area contributed by atoms with Crippen LogP contribution in [-0.4, -0.2) is 36.7 Å². The molecule has 3 aromatic rings. The zero-order chi connectivity index (χ0) is 22.7. The number of benzene rings is 2. The van der Waals surface area contributed by atoms with Crippen molar-refractivity contribution < 1.29 is 23.5 Å². The fourth-order valence-corrected chi connectivity index (χ4v) is 4.18. The molecule has 32 heavy (non-hydrogen) atoms. The van der Waals surface area contributed by atoms with E-state index in [2.05, 4.69) is 5.16 Å². The van der Waals surface area contributed by atoms with Crippen molar-refractivity contribution in [3.63, 3.8) is 0 Å². The third-order valence-corrected chi connectivity index (χ3v) is 5.95. The molecule has 1 saturated heterocycles. The van der Waals surface area contributed by atoms with Crippen molar-refractivity contribution in [2.75, 3.05) is 20.8 Å². The minimum absolute atomic E-state index is 0.0276. The molecule has 0 aliphatic carbocycles. The minimum Gasteiger partial charge on any atom is -0.497 e. The second-order valence-corrected chi connectivity index (χ2v) is 7.88. The molecular formula is C25H28N2O5. The topological polar surface area (TPSA) is 74.0 Å². The summed E-state index contributed by atoms with van der Waals surface area (Å²) in [4.78, 5) is 15.4. The van der Waals surface area contributed by atoms with Crippen LogP contribution in [0.15, 0.2) is 47.0 Å². The molecule has 1 aromatic heterocycles. The van der Waals surface area contributed by atoms with Crippen LogP contribution in [0.5, 0.6) is 17.2 Å². The summed E-state index contributed by atoms with van der Waals surface area (Å²) in [5.41, 5.74) is 3.28. The first-order valence-corrected chi connectivity index (χ1v) is 10.7. The van der Waals surface area contributed by atoms with Gasteiger partial charge in [0.05, 0.1) is 31.5 Å². The average molecular weight is 437 g/mol. The van der Waals surface area contributed by atoms with Crippen LogP contribution in [0, 0.1) is 13.8 Å². The van der Waals surface area contributed by atoms with E-state index >= 15 is 0 Å². The van der Waals surface area contributed by atoms with Gasteiger partial charge in [-0.2, -0.15) is 0 Å². The largest absolute Gasteiger partial charge is 0.497 e. The molecule has 4 rings (SSSR count). The first-order valence-electron chi connectivity index (χ1n) is 10.7. The molecule has 1 aliphatic heterocycles. The molecule has 1 fully saturated rings. The van der Waals surface area contributed by atoms with Gasteiger partial charge < -0.3 is 23.6 Å². The highest BCUT2D eigenvalue weighted by molar-refractivity contribution is 5.95. The molecule has 0 radical (unpaired) electrons. The fraction of sp³-hybridized carbons (Fsp3) is 0.360. The summed E-state index contributed by atoms with van der Waals surface area (Å²) < 4.78 is 22.1. The van der Waals surface area contributed by atoms with Crippen LogP contribution in [-0.2, 0) is 6.61 Å². The zero-order valence-corrected chi connectivity index (χ0v) is 18.9. The van der Waals surface area contributed by atoms with E-state index in [1.165, 1.54) is 0 Å². The molecule has 0 bridgehead atoms. The van der Waals surface area contributed by atoms with E-state index in [9.17, 15) is 4.79 Å². The third-order valence-electron chi connectivity index (χ3n) is 5.95. The quantitative estimate of drug-likeness (QED) is 0.526. The normalized spacial score (nSPS) is 15.6. The summed E-state index contributed by atoms with van der Waals surface area (Å²) in [5.74, 6) is 2.84. The van der Waals surface area contributed by atoms with Crippen LogP contribution in [0.3, 0.4) is 0 Å². The van der Waals surface area contributed by atoms with Crippen molar-refractivity contribution >= 4 is 5.91 Å². The number of aromatic nitrogens is 1. The van der Waals surface area contributed by atoms with E-state index in [4.69, 9.17) is 18.7 Å². The molecule has 7 nitrogen and oxygen atoms in total. The van der Waals surface area contributed by atoms with Gasteiger partial charge in [0.2, 0.25) is 0 Å². The van der Waals surface area contributed by atoms with Gasteiger partial charge in [0.15, 0.2) is 0 Å². The molecule has 1 unspecified atom stereocenters. The Morgan fingerprint density at radius 3 is 2.69 bits per heavy atom. The number of aryl methyl sites for hydroxylation is 2. The lowest BCUT2D eigenvalue weighted by Crippen LogP contribution is -2.30. The van der Waals surface area contributed by atoms with Gasteiger partial charge in [-0.05, 0) is 63.1 Å². The maximum absolute atomic E-state index is 13.5. The highest BCUT2D eigenvalue weighted by atomic mass is 16.5. The van der Waals surface area contributed by atoms with Crippen LogP contribution in [0.25, 0.3) is 0 Å². The lowest BCUT2D eigenvalue weighted by Gasteiger charge is -2.27. The molecular weight excluding hydrogens is 408 g/mol. The van der Waals surface area contributed by atoms with E-state index in [0.717, 1.165) is 46.9 Å². The number of amides is 1. The number of nitrogens with zero attached hydrogens (tertiary/aromatic N) is 2. The van der Waals surface area contributed by atoms with Crippen molar-refractivity contribution in [1.29, 1.82) is 0 Å². The molecule has 2 aromatic carbocycles. The monoisotopic (exact) mass is 436 g/mol. The summed E-state index contributed by atoms with van der Waals surface area (Å²) in [6.07, 6.45) is 1.80. The Morgan fingerprint density at radius 2 is 1.97 bits per heavy atom. The van der Waals surface area contributed by atoms with Crippen molar-refractivity contribution in [1.82, 2.24) is 10.1 Å². The molecule has 1 amide bonds. The van der Waals surface area contributed by atoms with Crippen molar-refractivity contribution in [2.45, 2.75) is 39.3 Å². The number of ether oxygens (including phenoxy) is 3. The van der Waals surface area contributed by atoms with Gasteiger partial charge in [-0.1, -0.05) is 11.2 Å². The summed E-state index contributed by atoms with van der Waals surface area (Å²) in [7, 11) is 3.28. The Bertz CT molecular complexity index is 1090. The summed E-state index contributed by atoms with van der Waals surface area (Å²) >= 11 is 0. The number of methoxy groups -OCH3 is 2. The predicted molar refractivity (Wildman–Crippen MR) is 119 cm³/mol. The van der Waals surface area contributed by atoms with Crippen molar-refractivity contribution in [3.05, 3.63) is 70.6 Å². The number of rotatable bonds is 7. The van der Waals surface area contributed by atoms with E-state index in [1.54, 1.807) is 20.3 Å². The van der Waals surface area contributed by atoms with Gasteiger partial charge in [0, 0.05) is 17.7 Å². The van der Waals surface area contributed by atoms with Crippen LogP contribution in [0.1, 0.15) is 51.8 Å². The standard InChI is InChI=1S/C25H28N2O5/c1-16-22(17(2)32-26-16)15-31-20-8-5-7-18(13-20)25(28)27-12-6-9-23(27)21-14-19(29-3)10-11-24(21)30-4/h5,7-8,10-11,13-14,23H,6,9,12,15H2,1-4H3. The summed E-state index contributed by atoms with van der Waals surface area (Å²) in [6, 6.07) is 12.9. The first kappa shape index (κ1) is 21.7. The number of carbonyl (C=O) groups is 1. The predicted octanol–water partition coefficient (Wildman–Crippen LogP) is 4.86. The lowest BCUT2D eigenvalue weighted by atomic mass is 10.0. The second kappa shape index (κ2) is 9.34. The average Bonchev–Trinajstić information content (AvgIpc) is 3.43. The highest BCUT2D eigenvalue weighted by Gasteiger charge is 2.33. The summed E-state index contributed by atoms with van der Waals surface area (Å²) in [6.45, 7) is 4.77. The SMILES string of the molecule is COc1ccc(OC)c(C2CCCN2C(=O)c2cccc(OCc3c(C)noc3C)c2)c1. The van der Waals surface area contributed by atoms with Crippen LogP contribution in [0.2, 0.25) is 0 Å². The van der Waals surface area contributed by atoms with Gasteiger partial charge >= 0.3 is 0 Å². The van der Waals surface area contributed by atoms with E-state index in [1.807, 2.05) is 55.1 Å². The maximum Gasteiger partial charge on any atom is 0.254 e. The van der Waals surface area contributed by atoms with Crippen LogP contribution < -0.4 is 14.2 Å². The van der Waals surface area contributed by atoms with Crippen LogP contribution in [0.4, 0.5) is 0 Å². The zero-order valence-electron chi connectivity index (χ0n) is 18.9. The molecule has 168 valence electrons. The minimum atomic E-state index is -0.0700.